The average Bonchev–Trinajstić information content (AvgIpc) is 3.50. The highest BCUT2D eigenvalue weighted by molar-refractivity contribution is 7.93. The minimum absolute atomic E-state index is 0.167. The molecule has 0 unspecified atom stereocenters. The lowest BCUT2D eigenvalue weighted by Gasteiger charge is -2.27. The fourth-order valence-electron chi connectivity index (χ4n) is 4.07. The van der Waals surface area contributed by atoms with Crippen LogP contribution in [-0.4, -0.2) is 38.3 Å². The van der Waals surface area contributed by atoms with E-state index >= 15 is 0 Å². The monoisotopic (exact) mass is 472 g/mol. The van der Waals surface area contributed by atoms with Crippen molar-refractivity contribution in [1.29, 1.82) is 0 Å². The van der Waals surface area contributed by atoms with E-state index in [2.05, 4.69) is 10.3 Å². The first-order valence-corrected chi connectivity index (χ1v) is 12.6. The number of carbonyl (C=O) groups excluding carboxylic acids is 1. The van der Waals surface area contributed by atoms with E-state index in [1.165, 1.54) is 11.3 Å². The van der Waals surface area contributed by atoms with Crippen molar-refractivity contribution in [2.75, 3.05) is 19.5 Å². The summed E-state index contributed by atoms with van der Waals surface area (Å²) in [6, 6.07) is 13.6. The second kappa shape index (κ2) is 8.91. The standard InChI is InChI=1S/C23H24N2O5S2/c1-29-16-10-11-18(20(14-16)30-2)19-15-31-22(24-19)25-21(26)23(12-6-7-13-23)32(27,28)17-8-4-3-5-9-17/h3-5,8-11,14-15H,6-7,12-13H2,1-2H3,(H,24,25,26). The number of methoxy groups -OCH3 is 2. The van der Waals surface area contributed by atoms with Crippen LogP contribution in [0.3, 0.4) is 0 Å². The van der Waals surface area contributed by atoms with Crippen LogP contribution in [0.5, 0.6) is 11.5 Å². The fourth-order valence-corrected chi connectivity index (χ4v) is 6.86. The van der Waals surface area contributed by atoms with Gasteiger partial charge in [-0.2, -0.15) is 0 Å². The highest BCUT2D eigenvalue weighted by Crippen LogP contribution is 2.42. The quantitative estimate of drug-likeness (QED) is 0.542. The molecule has 0 saturated heterocycles. The molecule has 1 fully saturated rings. The number of nitrogens with one attached hydrogen (secondary N) is 1. The Morgan fingerprint density at radius 3 is 2.44 bits per heavy atom. The molecule has 3 aromatic rings. The number of amides is 1. The number of benzene rings is 2. The molecule has 0 atom stereocenters. The molecule has 1 aliphatic carbocycles. The number of rotatable bonds is 7. The second-order valence-electron chi connectivity index (χ2n) is 7.58. The van der Waals surface area contributed by atoms with E-state index in [0.29, 0.717) is 48.0 Å². The Morgan fingerprint density at radius 2 is 1.78 bits per heavy atom. The van der Waals surface area contributed by atoms with Crippen molar-refractivity contribution >= 4 is 32.2 Å². The molecule has 0 bridgehead atoms. The summed E-state index contributed by atoms with van der Waals surface area (Å²) in [5.41, 5.74) is 1.37. The lowest BCUT2D eigenvalue weighted by molar-refractivity contribution is -0.118. The number of sulfone groups is 1. The zero-order valence-electron chi connectivity index (χ0n) is 17.8. The van der Waals surface area contributed by atoms with Gasteiger partial charge in [-0.05, 0) is 37.1 Å². The van der Waals surface area contributed by atoms with Crippen molar-refractivity contribution in [3.63, 3.8) is 0 Å². The van der Waals surface area contributed by atoms with E-state index in [9.17, 15) is 13.2 Å². The third kappa shape index (κ3) is 3.86. The Kier molecular flexibility index (Phi) is 6.21. The lowest BCUT2D eigenvalue weighted by atomic mass is 10.1. The highest BCUT2D eigenvalue weighted by Gasteiger charge is 2.53. The molecular weight excluding hydrogens is 448 g/mol. The summed E-state index contributed by atoms with van der Waals surface area (Å²) < 4.78 is 36.1. The maximum atomic E-state index is 13.5. The predicted molar refractivity (Wildman–Crippen MR) is 124 cm³/mol. The molecule has 0 aliphatic heterocycles. The number of carbonyl (C=O) groups is 1. The van der Waals surface area contributed by atoms with Crippen LogP contribution in [0.4, 0.5) is 5.13 Å². The van der Waals surface area contributed by atoms with Crippen molar-refractivity contribution in [2.45, 2.75) is 35.3 Å². The first-order valence-electron chi connectivity index (χ1n) is 10.2. The lowest BCUT2D eigenvalue weighted by Crippen LogP contribution is -2.47. The first-order chi connectivity index (χ1) is 15.4. The molecule has 7 nitrogen and oxygen atoms in total. The molecule has 168 valence electrons. The van der Waals surface area contributed by atoms with Gasteiger partial charge in [-0.15, -0.1) is 11.3 Å². The maximum absolute atomic E-state index is 13.5. The zero-order chi connectivity index (χ0) is 22.8. The third-order valence-corrected chi connectivity index (χ3v) is 9.08. The van der Waals surface area contributed by atoms with Gasteiger partial charge in [-0.25, -0.2) is 13.4 Å². The molecule has 0 spiro atoms. The fraction of sp³-hybridized carbons (Fsp3) is 0.304. The molecule has 32 heavy (non-hydrogen) atoms. The van der Waals surface area contributed by atoms with E-state index in [4.69, 9.17) is 9.47 Å². The Bertz CT molecular complexity index is 1220. The van der Waals surface area contributed by atoms with E-state index in [-0.39, 0.29) is 4.90 Å². The number of anilines is 1. The Morgan fingerprint density at radius 1 is 1.06 bits per heavy atom. The van der Waals surface area contributed by atoms with Crippen LogP contribution < -0.4 is 14.8 Å². The molecule has 2 aromatic carbocycles. The average molecular weight is 473 g/mol. The van der Waals surface area contributed by atoms with Gasteiger partial charge in [0.25, 0.3) is 0 Å². The van der Waals surface area contributed by atoms with Crippen LogP contribution >= 0.6 is 11.3 Å². The van der Waals surface area contributed by atoms with Gasteiger partial charge in [0, 0.05) is 17.0 Å². The van der Waals surface area contributed by atoms with E-state index in [0.717, 1.165) is 5.56 Å². The topological polar surface area (TPSA) is 94.6 Å². The van der Waals surface area contributed by atoms with Crippen LogP contribution in [0.25, 0.3) is 11.3 Å². The Balaban J connectivity index is 1.62. The van der Waals surface area contributed by atoms with E-state index < -0.39 is 20.5 Å². The SMILES string of the molecule is COc1ccc(-c2csc(NC(=O)C3(S(=O)(=O)c4ccccc4)CCCC3)n2)c(OC)c1. The Labute approximate surface area is 191 Å². The normalized spacial score (nSPS) is 15.3. The molecule has 0 radical (unpaired) electrons. The van der Waals surface area contributed by atoms with Crippen LogP contribution in [0.2, 0.25) is 0 Å². The first kappa shape index (κ1) is 22.3. The number of nitrogens with zero attached hydrogens (tertiary/aromatic N) is 1. The summed E-state index contributed by atoms with van der Waals surface area (Å²) in [6.45, 7) is 0. The molecule has 4 rings (SSSR count). The zero-order valence-corrected chi connectivity index (χ0v) is 19.5. The molecule has 1 N–H and O–H groups in total. The molecule has 9 heteroatoms. The maximum Gasteiger partial charge on any atom is 0.248 e. The van der Waals surface area contributed by atoms with Gasteiger partial charge in [0.1, 0.15) is 11.5 Å². The summed E-state index contributed by atoms with van der Waals surface area (Å²) in [4.78, 5) is 18.0. The van der Waals surface area contributed by atoms with Gasteiger partial charge in [0.15, 0.2) is 19.7 Å². The second-order valence-corrected chi connectivity index (χ2v) is 10.7. The molecule has 1 heterocycles. The third-order valence-electron chi connectivity index (χ3n) is 5.80. The van der Waals surface area contributed by atoms with Gasteiger partial charge in [0.05, 0.1) is 24.8 Å². The number of aromatic nitrogens is 1. The summed E-state index contributed by atoms with van der Waals surface area (Å²) in [7, 11) is -0.715. The molecule has 1 saturated carbocycles. The van der Waals surface area contributed by atoms with Crippen LogP contribution in [-0.2, 0) is 14.6 Å². The number of hydrogen-bond acceptors (Lipinski definition) is 7. The van der Waals surface area contributed by atoms with Crippen LogP contribution in [0.1, 0.15) is 25.7 Å². The smallest absolute Gasteiger partial charge is 0.248 e. The highest BCUT2D eigenvalue weighted by atomic mass is 32.2. The van der Waals surface area contributed by atoms with Crippen LogP contribution in [0.15, 0.2) is 58.8 Å². The van der Waals surface area contributed by atoms with Crippen molar-refractivity contribution < 1.29 is 22.7 Å². The Hall–Kier alpha value is -2.91. The van der Waals surface area contributed by atoms with E-state index in [1.807, 2.05) is 6.07 Å². The van der Waals surface area contributed by atoms with E-state index in [1.54, 1.807) is 62.1 Å². The predicted octanol–water partition coefficient (Wildman–Crippen LogP) is 4.55. The number of ether oxygens (including phenoxy) is 2. The molecule has 1 aromatic heterocycles. The number of hydrogen-bond donors (Lipinski definition) is 1. The van der Waals surface area contributed by atoms with Gasteiger partial charge >= 0.3 is 0 Å². The minimum atomic E-state index is -3.85. The summed E-state index contributed by atoms with van der Waals surface area (Å²) >= 11 is 1.24. The van der Waals surface area contributed by atoms with Crippen molar-refractivity contribution in [3.8, 4) is 22.8 Å². The summed E-state index contributed by atoms with van der Waals surface area (Å²) in [5.74, 6) is 0.719. The van der Waals surface area contributed by atoms with Gasteiger partial charge in [-0.3, -0.25) is 4.79 Å². The molecule has 1 amide bonds. The van der Waals surface area contributed by atoms with Crippen LogP contribution in [0, 0.1) is 0 Å². The summed E-state index contributed by atoms with van der Waals surface area (Å²) in [6.07, 6.45) is 1.96. The minimum Gasteiger partial charge on any atom is -0.497 e. The molecular formula is C23H24N2O5S2. The van der Waals surface area contributed by atoms with Crippen molar-refractivity contribution in [3.05, 3.63) is 53.9 Å². The van der Waals surface area contributed by atoms with Crippen molar-refractivity contribution in [2.24, 2.45) is 0 Å². The summed E-state index contributed by atoms with van der Waals surface area (Å²) in [5, 5.41) is 4.92. The number of thiazole rings is 1. The molecule has 1 aliphatic rings. The van der Waals surface area contributed by atoms with Gasteiger partial charge in [-0.1, -0.05) is 31.0 Å². The van der Waals surface area contributed by atoms with Crippen molar-refractivity contribution in [1.82, 2.24) is 4.98 Å². The van der Waals surface area contributed by atoms with Gasteiger partial charge in [0.2, 0.25) is 5.91 Å². The van der Waals surface area contributed by atoms with Gasteiger partial charge < -0.3 is 14.8 Å². The largest absolute Gasteiger partial charge is 0.497 e.